The van der Waals surface area contributed by atoms with Gasteiger partial charge in [0.25, 0.3) is 6.36 Å². The van der Waals surface area contributed by atoms with Gasteiger partial charge in [0.2, 0.25) is 0 Å². The second kappa shape index (κ2) is 3.71. The molecule has 0 aliphatic carbocycles. The van der Waals surface area contributed by atoms with Crippen molar-refractivity contribution in [2.24, 2.45) is 0 Å². The highest BCUT2D eigenvalue weighted by molar-refractivity contribution is 5.39. The smallest absolute Gasteiger partial charge is 0.418 e. The maximum absolute atomic E-state index is 12.7. The van der Waals surface area contributed by atoms with Crippen molar-refractivity contribution in [3.8, 4) is 0 Å². The third-order valence-electron chi connectivity index (χ3n) is 1.21. The van der Waals surface area contributed by atoms with Crippen LogP contribution in [0.1, 0.15) is 11.9 Å². The van der Waals surface area contributed by atoms with E-state index in [-0.39, 0.29) is 0 Å². The van der Waals surface area contributed by atoms with Crippen LogP contribution in [0.2, 0.25) is 0 Å². The Kier molecular flexibility index (Phi) is 2.60. The van der Waals surface area contributed by atoms with E-state index >= 15 is 0 Å². The van der Waals surface area contributed by atoms with E-state index in [4.69, 9.17) is 0 Å². The van der Waals surface area contributed by atoms with E-state index in [1.165, 1.54) is 12.1 Å². The molecule has 0 N–H and O–H groups in total. The SMILES string of the molecule is O=[C]OC(F)c1ccccc1. The minimum Gasteiger partial charge on any atom is -0.418 e. The summed E-state index contributed by atoms with van der Waals surface area (Å²) in [6.45, 7) is 1.04. The van der Waals surface area contributed by atoms with Crippen LogP contribution in [0.3, 0.4) is 0 Å². The lowest BCUT2D eigenvalue weighted by atomic mass is 10.2. The summed E-state index contributed by atoms with van der Waals surface area (Å²) in [5.74, 6) is 0. The first-order valence-electron chi connectivity index (χ1n) is 3.06. The Hall–Kier alpha value is -1.38. The van der Waals surface area contributed by atoms with Gasteiger partial charge in [0, 0.05) is 5.56 Å². The van der Waals surface area contributed by atoms with Crippen molar-refractivity contribution >= 4 is 6.47 Å². The van der Waals surface area contributed by atoms with E-state index in [1.54, 1.807) is 18.2 Å². The molecule has 0 spiro atoms. The van der Waals surface area contributed by atoms with Crippen molar-refractivity contribution in [2.45, 2.75) is 6.36 Å². The van der Waals surface area contributed by atoms with Gasteiger partial charge >= 0.3 is 6.47 Å². The zero-order valence-corrected chi connectivity index (χ0v) is 5.66. The first-order chi connectivity index (χ1) is 5.34. The van der Waals surface area contributed by atoms with E-state index in [1.807, 2.05) is 0 Å². The zero-order valence-electron chi connectivity index (χ0n) is 5.66. The standard InChI is InChI=1S/C8H6FO2/c9-8(11-6-10)7-4-2-1-3-5-7/h1-5,8H. The molecular formula is C8H6FO2. The number of benzene rings is 1. The molecule has 0 aliphatic rings. The molecule has 3 heteroatoms. The summed E-state index contributed by atoms with van der Waals surface area (Å²) < 4.78 is 16.6. The number of rotatable bonds is 3. The summed E-state index contributed by atoms with van der Waals surface area (Å²) in [5, 5.41) is 0. The molecule has 1 rings (SSSR count). The highest BCUT2D eigenvalue weighted by atomic mass is 19.1. The Labute approximate surface area is 63.6 Å². The molecular weight excluding hydrogens is 147 g/mol. The van der Waals surface area contributed by atoms with Crippen molar-refractivity contribution in [2.75, 3.05) is 0 Å². The third-order valence-corrected chi connectivity index (χ3v) is 1.21. The van der Waals surface area contributed by atoms with E-state index in [0.29, 0.717) is 5.56 Å². The van der Waals surface area contributed by atoms with Crippen molar-refractivity contribution in [1.29, 1.82) is 0 Å². The second-order valence-corrected chi connectivity index (χ2v) is 1.93. The van der Waals surface area contributed by atoms with Crippen molar-refractivity contribution in [1.82, 2.24) is 0 Å². The summed E-state index contributed by atoms with van der Waals surface area (Å²) in [6.07, 6.45) is -1.70. The van der Waals surface area contributed by atoms with Crippen LogP contribution in [-0.4, -0.2) is 6.47 Å². The lowest BCUT2D eigenvalue weighted by Crippen LogP contribution is -1.95. The van der Waals surface area contributed by atoms with Crippen LogP contribution in [0.25, 0.3) is 0 Å². The van der Waals surface area contributed by atoms with Crippen LogP contribution in [0, 0.1) is 0 Å². The number of carbonyl (C=O) groups excluding carboxylic acids is 1. The topological polar surface area (TPSA) is 26.3 Å². The van der Waals surface area contributed by atoms with Crippen molar-refractivity contribution < 1.29 is 13.9 Å². The van der Waals surface area contributed by atoms with Gasteiger partial charge in [-0.25, -0.2) is 4.79 Å². The number of ether oxygens (including phenoxy) is 1. The summed E-state index contributed by atoms with van der Waals surface area (Å²) >= 11 is 0. The fraction of sp³-hybridized carbons (Fsp3) is 0.125. The van der Waals surface area contributed by atoms with Crippen LogP contribution < -0.4 is 0 Å². The van der Waals surface area contributed by atoms with Gasteiger partial charge in [0.1, 0.15) is 0 Å². The highest BCUT2D eigenvalue weighted by Gasteiger charge is 2.07. The molecule has 0 aliphatic heterocycles. The molecule has 0 bridgehead atoms. The molecule has 2 nitrogen and oxygen atoms in total. The Balaban J connectivity index is 2.68. The quantitative estimate of drug-likeness (QED) is 0.661. The molecule has 57 valence electrons. The first-order valence-corrected chi connectivity index (χ1v) is 3.06. The average Bonchev–Trinajstić information content (AvgIpc) is 2.07. The van der Waals surface area contributed by atoms with Gasteiger partial charge in [-0.3, -0.25) is 0 Å². The largest absolute Gasteiger partial charge is 0.420 e. The maximum atomic E-state index is 12.7. The lowest BCUT2D eigenvalue weighted by Gasteiger charge is -2.03. The predicted octanol–water partition coefficient (Wildman–Crippen LogP) is 1.74. The second-order valence-electron chi connectivity index (χ2n) is 1.93. The molecule has 0 aromatic heterocycles. The minimum atomic E-state index is -1.70. The van der Waals surface area contributed by atoms with E-state index in [0.717, 1.165) is 6.47 Å². The Bertz CT molecular complexity index is 223. The van der Waals surface area contributed by atoms with Gasteiger partial charge < -0.3 is 4.74 Å². The van der Waals surface area contributed by atoms with Crippen LogP contribution in [-0.2, 0) is 9.53 Å². The molecule has 1 unspecified atom stereocenters. The monoisotopic (exact) mass is 153 g/mol. The fourth-order valence-electron chi connectivity index (χ4n) is 0.715. The summed E-state index contributed by atoms with van der Waals surface area (Å²) in [7, 11) is 0. The minimum absolute atomic E-state index is 0.316. The van der Waals surface area contributed by atoms with E-state index < -0.39 is 6.36 Å². The third kappa shape index (κ3) is 2.04. The molecule has 11 heavy (non-hydrogen) atoms. The van der Waals surface area contributed by atoms with Gasteiger partial charge in [0.05, 0.1) is 0 Å². The van der Waals surface area contributed by atoms with E-state index in [2.05, 4.69) is 4.74 Å². The molecule has 1 aromatic rings. The number of hydrogen-bond donors (Lipinski definition) is 0. The molecule has 0 heterocycles. The maximum Gasteiger partial charge on any atom is 0.420 e. The average molecular weight is 153 g/mol. The molecule has 0 saturated heterocycles. The molecule has 0 saturated carbocycles. The van der Waals surface area contributed by atoms with Gasteiger partial charge in [-0.1, -0.05) is 30.3 Å². The summed E-state index contributed by atoms with van der Waals surface area (Å²) in [4.78, 5) is 9.60. The predicted molar refractivity (Wildman–Crippen MR) is 37.1 cm³/mol. The zero-order chi connectivity index (χ0) is 8.10. The van der Waals surface area contributed by atoms with Gasteiger partial charge in [-0.15, -0.1) is 0 Å². The van der Waals surface area contributed by atoms with Crippen LogP contribution in [0.5, 0.6) is 0 Å². The van der Waals surface area contributed by atoms with Gasteiger partial charge in [0.15, 0.2) is 0 Å². The van der Waals surface area contributed by atoms with Crippen LogP contribution in [0.4, 0.5) is 4.39 Å². The molecule has 0 fully saturated rings. The van der Waals surface area contributed by atoms with Gasteiger partial charge in [-0.2, -0.15) is 4.39 Å². The van der Waals surface area contributed by atoms with Gasteiger partial charge in [-0.05, 0) is 0 Å². The molecule has 1 atom stereocenters. The highest BCUT2D eigenvalue weighted by Crippen LogP contribution is 2.16. The first kappa shape index (κ1) is 7.72. The summed E-state index contributed by atoms with van der Waals surface area (Å²) in [6, 6.07) is 8.14. The molecule has 1 radical (unpaired) electrons. The fourth-order valence-corrected chi connectivity index (χ4v) is 0.715. The van der Waals surface area contributed by atoms with Crippen LogP contribution in [0.15, 0.2) is 30.3 Å². The Morgan fingerprint density at radius 1 is 1.36 bits per heavy atom. The number of halogens is 1. The molecule has 0 amide bonds. The van der Waals surface area contributed by atoms with Crippen molar-refractivity contribution in [3.05, 3.63) is 35.9 Å². The lowest BCUT2D eigenvalue weighted by molar-refractivity contribution is 0.0508. The Morgan fingerprint density at radius 2 is 2.00 bits per heavy atom. The number of alkyl halides is 1. The van der Waals surface area contributed by atoms with E-state index in [9.17, 15) is 9.18 Å². The normalized spacial score (nSPS) is 12.1. The van der Waals surface area contributed by atoms with Crippen molar-refractivity contribution in [3.63, 3.8) is 0 Å². The Morgan fingerprint density at radius 3 is 2.55 bits per heavy atom. The molecule has 1 aromatic carbocycles. The number of hydrogen-bond acceptors (Lipinski definition) is 2. The van der Waals surface area contributed by atoms with Crippen LogP contribution >= 0.6 is 0 Å². The summed E-state index contributed by atoms with van der Waals surface area (Å²) in [5.41, 5.74) is 0.316.